The number of carbonyl (C=O) groups is 2. The Morgan fingerprint density at radius 2 is 1.96 bits per heavy atom. The molecule has 0 bridgehead atoms. The van der Waals surface area contributed by atoms with Gasteiger partial charge in [-0.1, -0.05) is 20.8 Å². The maximum absolute atomic E-state index is 11.2. The zero-order chi connectivity index (χ0) is 17.9. The summed E-state index contributed by atoms with van der Waals surface area (Å²) < 4.78 is 5.93. The van der Waals surface area contributed by atoms with Gasteiger partial charge in [0, 0.05) is 5.92 Å². The average molecular weight is 335 g/mol. The van der Waals surface area contributed by atoms with Crippen molar-refractivity contribution in [1.82, 2.24) is 0 Å². The first kappa shape index (κ1) is 19.1. The van der Waals surface area contributed by atoms with E-state index in [9.17, 15) is 14.7 Å². The van der Waals surface area contributed by atoms with E-state index in [1.165, 1.54) is 0 Å². The largest absolute Gasteiger partial charge is 0.392 e. The van der Waals surface area contributed by atoms with Gasteiger partial charge in [-0.25, -0.2) is 0 Å². The molecule has 1 saturated carbocycles. The summed E-state index contributed by atoms with van der Waals surface area (Å²) in [5.74, 6) is 0.629. The SMILES string of the molecule is CC(C)C1CC(C=O)C(O)CC1CC1OC(C=O)C(C#N)CC1C. The molecule has 5 nitrogen and oxygen atoms in total. The molecule has 1 aliphatic heterocycles. The van der Waals surface area contributed by atoms with Crippen molar-refractivity contribution in [3.8, 4) is 6.07 Å². The predicted octanol–water partition coefficient (Wildman–Crippen LogP) is 2.37. The number of nitriles is 1. The molecule has 5 heteroatoms. The summed E-state index contributed by atoms with van der Waals surface area (Å²) in [7, 11) is 0. The van der Waals surface area contributed by atoms with Gasteiger partial charge in [0.2, 0.25) is 0 Å². The highest BCUT2D eigenvalue weighted by Gasteiger charge is 2.42. The van der Waals surface area contributed by atoms with Crippen LogP contribution in [0, 0.1) is 46.8 Å². The zero-order valence-electron chi connectivity index (χ0n) is 14.8. The van der Waals surface area contributed by atoms with Crippen molar-refractivity contribution in [3.63, 3.8) is 0 Å². The lowest BCUT2D eigenvalue weighted by molar-refractivity contribution is -0.143. The smallest absolute Gasteiger partial charge is 0.150 e. The van der Waals surface area contributed by atoms with Crippen molar-refractivity contribution < 1.29 is 19.4 Å². The summed E-state index contributed by atoms with van der Waals surface area (Å²) in [5, 5.41) is 19.4. The number of carbonyl (C=O) groups excluding carboxylic acids is 2. The van der Waals surface area contributed by atoms with Crippen LogP contribution in [0.5, 0.6) is 0 Å². The Morgan fingerprint density at radius 3 is 2.50 bits per heavy atom. The number of aldehydes is 2. The maximum atomic E-state index is 11.2. The van der Waals surface area contributed by atoms with Gasteiger partial charge in [-0.15, -0.1) is 0 Å². The van der Waals surface area contributed by atoms with Crippen LogP contribution in [0.1, 0.15) is 46.5 Å². The molecule has 0 spiro atoms. The van der Waals surface area contributed by atoms with Gasteiger partial charge in [0.25, 0.3) is 0 Å². The van der Waals surface area contributed by atoms with E-state index < -0.39 is 12.2 Å². The second-order valence-electron chi connectivity index (χ2n) is 7.97. The second kappa shape index (κ2) is 8.22. The highest BCUT2D eigenvalue weighted by Crippen LogP contribution is 2.42. The van der Waals surface area contributed by atoms with Crippen molar-refractivity contribution in [3.05, 3.63) is 0 Å². The molecule has 0 aromatic heterocycles. The lowest BCUT2D eigenvalue weighted by atomic mass is 9.66. The number of nitrogens with zero attached hydrogens (tertiary/aromatic N) is 1. The Kier molecular flexibility index (Phi) is 6.54. The second-order valence-corrected chi connectivity index (χ2v) is 7.97. The molecule has 8 atom stereocenters. The van der Waals surface area contributed by atoms with E-state index in [0.717, 1.165) is 19.0 Å². The molecule has 8 unspecified atom stereocenters. The van der Waals surface area contributed by atoms with Crippen LogP contribution in [0.25, 0.3) is 0 Å². The van der Waals surface area contributed by atoms with E-state index in [0.29, 0.717) is 31.1 Å². The molecule has 0 radical (unpaired) electrons. The van der Waals surface area contributed by atoms with E-state index >= 15 is 0 Å². The minimum atomic E-state index is -0.648. The van der Waals surface area contributed by atoms with Crippen LogP contribution in [-0.4, -0.2) is 36.0 Å². The van der Waals surface area contributed by atoms with Crippen molar-refractivity contribution in [2.24, 2.45) is 35.5 Å². The number of ether oxygens (including phenoxy) is 1. The third-order valence-electron chi connectivity index (χ3n) is 6.04. The van der Waals surface area contributed by atoms with Crippen molar-refractivity contribution in [2.75, 3.05) is 0 Å². The lowest BCUT2D eigenvalue weighted by Crippen LogP contribution is -2.45. The first-order valence-electron chi connectivity index (χ1n) is 9.04. The van der Waals surface area contributed by atoms with Crippen LogP contribution in [0.15, 0.2) is 0 Å². The maximum Gasteiger partial charge on any atom is 0.150 e. The van der Waals surface area contributed by atoms with Crippen LogP contribution in [0.2, 0.25) is 0 Å². The third kappa shape index (κ3) is 4.04. The molecule has 2 fully saturated rings. The molecule has 1 aliphatic carbocycles. The quantitative estimate of drug-likeness (QED) is 0.779. The minimum Gasteiger partial charge on any atom is -0.392 e. The number of aliphatic hydroxyl groups is 1. The number of aliphatic hydroxyl groups excluding tert-OH is 1. The minimum absolute atomic E-state index is 0.0731. The van der Waals surface area contributed by atoms with Gasteiger partial charge < -0.3 is 19.4 Å². The predicted molar refractivity (Wildman–Crippen MR) is 88.8 cm³/mol. The summed E-state index contributed by atoms with van der Waals surface area (Å²) in [4.78, 5) is 22.4. The van der Waals surface area contributed by atoms with E-state index in [4.69, 9.17) is 10.00 Å². The number of hydrogen-bond donors (Lipinski definition) is 1. The summed E-state index contributed by atoms with van der Waals surface area (Å²) >= 11 is 0. The lowest BCUT2D eigenvalue weighted by Gasteiger charge is -2.43. The van der Waals surface area contributed by atoms with Gasteiger partial charge >= 0.3 is 0 Å². The molecule has 1 heterocycles. The fourth-order valence-corrected chi connectivity index (χ4v) is 4.51. The van der Waals surface area contributed by atoms with Crippen LogP contribution in [-0.2, 0) is 14.3 Å². The Hall–Kier alpha value is -1.25. The first-order chi connectivity index (χ1) is 11.4. The Balaban J connectivity index is 2.08. The highest BCUT2D eigenvalue weighted by molar-refractivity contribution is 5.57. The molecule has 0 amide bonds. The molecule has 2 rings (SSSR count). The monoisotopic (exact) mass is 335 g/mol. The average Bonchev–Trinajstić information content (AvgIpc) is 2.56. The van der Waals surface area contributed by atoms with Crippen molar-refractivity contribution in [2.45, 2.75) is 64.8 Å². The van der Waals surface area contributed by atoms with Gasteiger partial charge in [0.1, 0.15) is 18.7 Å². The fraction of sp³-hybridized carbons (Fsp3) is 0.842. The summed E-state index contributed by atoms with van der Waals surface area (Å²) in [6, 6.07) is 2.17. The molecule has 1 saturated heterocycles. The molecule has 0 aromatic rings. The Bertz CT molecular complexity index is 486. The van der Waals surface area contributed by atoms with Crippen molar-refractivity contribution in [1.29, 1.82) is 5.26 Å². The van der Waals surface area contributed by atoms with Gasteiger partial charge in [-0.3, -0.25) is 0 Å². The molecule has 2 aliphatic rings. The van der Waals surface area contributed by atoms with Gasteiger partial charge in [0.15, 0.2) is 0 Å². The van der Waals surface area contributed by atoms with Gasteiger partial charge in [0.05, 0.1) is 24.2 Å². The standard InChI is InChI=1S/C19H29NO4/c1-11(2)16-5-15(9-21)17(23)6-13(16)7-18-12(3)4-14(8-20)19(10-22)24-18/h9-19,23H,4-7H2,1-3H3. The molecule has 1 N–H and O–H groups in total. The normalized spacial score (nSPS) is 43.2. The molecule has 134 valence electrons. The van der Waals surface area contributed by atoms with Crippen LogP contribution in [0.4, 0.5) is 0 Å². The molecular formula is C19H29NO4. The van der Waals surface area contributed by atoms with Crippen LogP contribution >= 0.6 is 0 Å². The van der Waals surface area contributed by atoms with E-state index in [-0.39, 0.29) is 29.8 Å². The number of rotatable bonds is 5. The van der Waals surface area contributed by atoms with Gasteiger partial charge in [-0.2, -0.15) is 5.26 Å². The molecule has 0 aromatic carbocycles. The van der Waals surface area contributed by atoms with E-state index in [2.05, 4.69) is 26.8 Å². The topological polar surface area (TPSA) is 87.4 Å². The Labute approximate surface area is 144 Å². The van der Waals surface area contributed by atoms with Gasteiger partial charge in [-0.05, 0) is 49.4 Å². The Morgan fingerprint density at radius 1 is 1.25 bits per heavy atom. The van der Waals surface area contributed by atoms with Crippen molar-refractivity contribution >= 4 is 12.6 Å². The zero-order valence-corrected chi connectivity index (χ0v) is 14.8. The van der Waals surface area contributed by atoms with Crippen LogP contribution < -0.4 is 0 Å². The summed E-state index contributed by atoms with van der Waals surface area (Å²) in [6.07, 6.45) is 3.08. The van der Waals surface area contributed by atoms with E-state index in [1.807, 2.05) is 0 Å². The third-order valence-corrected chi connectivity index (χ3v) is 6.04. The van der Waals surface area contributed by atoms with E-state index in [1.54, 1.807) is 0 Å². The fourth-order valence-electron chi connectivity index (χ4n) is 4.51. The molecule has 24 heavy (non-hydrogen) atoms. The number of hydrogen-bond acceptors (Lipinski definition) is 5. The first-order valence-corrected chi connectivity index (χ1v) is 9.04. The van der Waals surface area contributed by atoms with Crippen LogP contribution in [0.3, 0.4) is 0 Å². The summed E-state index contributed by atoms with van der Waals surface area (Å²) in [6.45, 7) is 6.37. The molecular weight excluding hydrogens is 306 g/mol. The highest BCUT2D eigenvalue weighted by atomic mass is 16.5. The summed E-state index contributed by atoms with van der Waals surface area (Å²) in [5.41, 5.74) is 0.